The van der Waals surface area contributed by atoms with Gasteiger partial charge in [0.15, 0.2) is 0 Å². The van der Waals surface area contributed by atoms with Crippen molar-refractivity contribution in [1.29, 1.82) is 0 Å². The van der Waals surface area contributed by atoms with Crippen molar-refractivity contribution in [3.63, 3.8) is 0 Å². The van der Waals surface area contributed by atoms with Gasteiger partial charge in [-0.2, -0.15) is 0 Å². The molecule has 0 aliphatic heterocycles. The van der Waals surface area contributed by atoms with E-state index in [9.17, 15) is 4.79 Å². The summed E-state index contributed by atoms with van der Waals surface area (Å²) in [6, 6.07) is 7.28. The number of H-pyrrole nitrogens is 1. The van der Waals surface area contributed by atoms with Crippen molar-refractivity contribution in [2.45, 2.75) is 12.5 Å². The standard InChI is InChI=1S/C11H12N2O2.Au/c12-9(11(14)15)5-7-6-13-10-4-2-1-3-8(7)10;/h1-4,6,9,13H,5,12H2,(H,14,15);/q;+1/p-1/t9-;/m0./s1. The number of hydrogen-bond acceptors (Lipinski definition) is 3. The van der Waals surface area contributed by atoms with Gasteiger partial charge in [-0.25, -0.2) is 0 Å². The van der Waals surface area contributed by atoms with E-state index < -0.39 is 12.0 Å². The Balaban J connectivity index is 2.24. The number of fused-ring (bicyclic) bond motifs is 1. The van der Waals surface area contributed by atoms with Crippen molar-refractivity contribution in [3.8, 4) is 0 Å². The average Bonchev–Trinajstić information content (AvgIpc) is 2.72. The summed E-state index contributed by atoms with van der Waals surface area (Å²) in [5.74, 6) is -0.409. The molecule has 88 valence electrons. The maximum atomic E-state index is 11.2. The quantitative estimate of drug-likeness (QED) is 0.757. The second kappa shape index (κ2) is 4.84. The van der Waals surface area contributed by atoms with E-state index in [1.807, 2.05) is 30.5 Å². The van der Waals surface area contributed by atoms with E-state index in [1.165, 1.54) is 0 Å². The third-order valence-corrected chi connectivity index (χ3v) is 2.91. The first-order valence-electron chi connectivity index (χ1n) is 4.82. The molecule has 0 unspecified atom stereocenters. The summed E-state index contributed by atoms with van der Waals surface area (Å²) in [6.45, 7) is 0. The molecule has 0 spiro atoms. The molecule has 0 aliphatic rings. The van der Waals surface area contributed by atoms with E-state index in [4.69, 9.17) is 5.73 Å². The van der Waals surface area contributed by atoms with Gasteiger partial charge in [0, 0.05) is 0 Å². The molecule has 2 aromatic rings. The summed E-state index contributed by atoms with van der Waals surface area (Å²) in [6.07, 6.45) is 2.35. The number of nitrogens with one attached hydrogen (secondary N) is 1. The van der Waals surface area contributed by atoms with Gasteiger partial charge in [0.2, 0.25) is 0 Å². The Morgan fingerprint density at radius 2 is 2.25 bits per heavy atom. The Morgan fingerprint density at radius 1 is 1.50 bits per heavy atom. The van der Waals surface area contributed by atoms with Gasteiger partial charge in [-0.15, -0.1) is 0 Å². The van der Waals surface area contributed by atoms with Crippen molar-refractivity contribution in [3.05, 3.63) is 36.0 Å². The van der Waals surface area contributed by atoms with Gasteiger partial charge in [0.25, 0.3) is 0 Å². The van der Waals surface area contributed by atoms with Gasteiger partial charge in [-0.05, 0) is 0 Å². The first kappa shape index (κ1) is 11.4. The minimum atomic E-state index is -0.621. The van der Waals surface area contributed by atoms with Crippen molar-refractivity contribution in [2.75, 3.05) is 0 Å². The molecular weight excluding hydrogens is 389 g/mol. The molecule has 1 aromatic carbocycles. The van der Waals surface area contributed by atoms with Crippen LogP contribution in [0.2, 0.25) is 0 Å². The van der Waals surface area contributed by atoms with Crippen LogP contribution in [0.4, 0.5) is 0 Å². The zero-order valence-corrected chi connectivity index (χ0v) is 10.5. The number of hydrogen-bond donors (Lipinski definition) is 2. The van der Waals surface area contributed by atoms with Crippen LogP contribution in [0.15, 0.2) is 30.5 Å². The van der Waals surface area contributed by atoms with Crippen LogP contribution in [0.3, 0.4) is 0 Å². The summed E-state index contributed by atoms with van der Waals surface area (Å²) in [5, 5.41) is 1.09. The predicted molar refractivity (Wildman–Crippen MR) is 56.1 cm³/mol. The van der Waals surface area contributed by atoms with E-state index in [0.29, 0.717) is 6.42 Å². The van der Waals surface area contributed by atoms with Crippen LogP contribution >= 0.6 is 0 Å². The van der Waals surface area contributed by atoms with E-state index in [-0.39, 0.29) is 0 Å². The molecule has 1 heterocycles. The molecule has 16 heavy (non-hydrogen) atoms. The Hall–Kier alpha value is -1.07. The van der Waals surface area contributed by atoms with Gasteiger partial charge >= 0.3 is 106 Å². The van der Waals surface area contributed by atoms with Crippen LogP contribution in [0, 0.1) is 0 Å². The molecule has 0 fully saturated rings. The number of carbonyl (C=O) groups excluding carboxylic acids is 1. The van der Waals surface area contributed by atoms with Crippen molar-refractivity contribution in [1.82, 2.24) is 4.98 Å². The van der Waals surface area contributed by atoms with Gasteiger partial charge < -0.3 is 0 Å². The van der Waals surface area contributed by atoms with Gasteiger partial charge in [0.1, 0.15) is 0 Å². The van der Waals surface area contributed by atoms with Crippen LogP contribution in [-0.4, -0.2) is 17.0 Å². The van der Waals surface area contributed by atoms with Crippen molar-refractivity contribution < 1.29 is 29.5 Å². The first-order valence-corrected chi connectivity index (χ1v) is 5.70. The number of carbonyl (C=O) groups is 1. The summed E-state index contributed by atoms with van der Waals surface area (Å²) < 4.78 is 4.54. The predicted octanol–water partition coefficient (Wildman–Crippen LogP) is 1.04. The van der Waals surface area contributed by atoms with E-state index in [0.717, 1.165) is 16.5 Å². The average molecular weight is 400 g/mol. The fourth-order valence-electron chi connectivity index (χ4n) is 1.67. The molecule has 3 N–H and O–H groups in total. The second-order valence-electron chi connectivity index (χ2n) is 3.55. The summed E-state index contributed by atoms with van der Waals surface area (Å²) >= 11 is 1.73. The number of rotatable bonds is 3. The van der Waals surface area contributed by atoms with Crippen LogP contribution in [0.5, 0.6) is 0 Å². The molecule has 0 saturated heterocycles. The molecule has 0 aliphatic carbocycles. The number of aromatic nitrogens is 1. The van der Waals surface area contributed by atoms with Crippen LogP contribution in [0.25, 0.3) is 10.9 Å². The molecule has 2 rings (SSSR count). The van der Waals surface area contributed by atoms with Crippen molar-refractivity contribution in [2.24, 2.45) is 5.73 Å². The molecule has 0 saturated carbocycles. The zero-order valence-electron chi connectivity index (χ0n) is 8.37. The van der Waals surface area contributed by atoms with E-state index in [1.54, 1.807) is 21.5 Å². The zero-order chi connectivity index (χ0) is 11.5. The number of nitrogens with two attached hydrogens (primary N) is 1. The topological polar surface area (TPSA) is 68.1 Å². The van der Waals surface area contributed by atoms with Gasteiger partial charge in [-0.1, -0.05) is 0 Å². The SMILES string of the molecule is N[C@@H](Cc1c[nH]c2ccccc12)C(=O)[O][Au]. The molecule has 0 amide bonds. The number of para-hydroxylation sites is 1. The van der Waals surface area contributed by atoms with E-state index in [2.05, 4.69) is 8.23 Å². The Morgan fingerprint density at radius 3 is 3.00 bits per heavy atom. The number of benzene rings is 1. The molecule has 0 radical (unpaired) electrons. The monoisotopic (exact) mass is 400 g/mol. The summed E-state index contributed by atoms with van der Waals surface area (Å²) in [7, 11) is 0. The molecule has 0 bridgehead atoms. The fourth-order valence-corrected chi connectivity index (χ4v) is 1.99. The minimum absolute atomic E-state index is 0.409. The van der Waals surface area contributed by atoms with Crippen LogP contribution in [0.1, 0.15) is 5.56 Å². The Labute approximate surface area is 106 Å². The summed E-state index contributed by atoms with van der Waals surface area (Å²) in [5.41, 5.74) is 7.79. The Bertz CT molecular complexity index is 509. The van der Waals surface area contributed by atoms with Crippen LogP contribution < -0.4 is 5.73 Å². The third-order valence-electron chi connectivity index (χ3n) is 2.48. The van der Waals surface area contributed by atoms with Gasteiger partial charge in [0.05, 0.1) is 0 Å². The Kier molecular flexibility index (Phi) is 3.46. The number of aromatic amines is 1. The van der Waals surface area contributed by atoms with Gasteiger partial charge in [-0.3, -0.25) is 0 Å². The molecule has 4 nitrogen and oxygen atoms in total. The first-order chi connectivity index (χ1) is 7.72. The molecule has 1 aromatic heterocycles. The van der Waals surface area contributed by atoms with Crippen molar-refractivity contribution >= 4 is 16.9 Å². The summed E-state index contributed by atoms with van der Waals surface area (Å²) in [4.78, 5) is 14.3. The maximum absolute atomic E-state index is 11.2. The second-order valence-corrected chi connectivity index (χ2v) is 3.99. The molecular formula is C11H11AuN2O2. The molecule has 1 atom stereocenters. The normalized spacial score (nSPS) is 12.7. The van der Waals surface area contributed by atoms with Crippen LogP contribution in [-0.2, 0) is 35.9 Å². The third kappa shape index (κ3) is 2.20. The fraction of sp³-hybridized carbons (Fsp3) is 0.182. The molecule has 5 heteroatoms. The van der Waals surface area contributed by atoms with E-state index >= 15 is 0 Å².